The smallest absolute Gasteiger partial charge is 0.337 e. The Morgan fingerprint density at radius 2 is 2.11 bits per heavy atom. The summed E-state index contributed by atoms with van der Waals surface area (Å²) in [5.41, 5.74) is 2.23. The van der Waals surface area contributed by atoms with E-state index in [9.17, 15) is 9.90 Å². The van der Waals surface area contributed by atoms with Crippen molar-refractivity contribution < 1.29 is 9.90 Å². The third-order valence-corrected chi connectivity index (χ3v) is 3.69. The van der Waals surface area contributed by atoms with Crippen molar-refractivity contribution in [2.75, 3.05) is 0 Å². The molecule has 92 valence electrons. The molecule has 0 bridgehead atoms. The Kier molecular flexibility index (Phi) is 3.84. The van der Waals surface area contributed by atoms with Gasteiger partial charge in [-0.05, 0) is 30.7 Å². The molecule has 0 aliphatic heterocycles. The highest BCUT2D eigenvalue weighted by molar-refractivity contribution is 7.17. The molecule has 0 spiro atoms. The van der Waals surface area contributed by atoms with Crippen LogP contribution in [0.25, 0.3) is 11.6 Å². The Balaban J connectivity index is 2.45. The molecule has 2 aromatic rings. The lowest BCUT2D eigenvalue weighted by atomic mass is 10.1. The third-order valence-electron chi connectivity index (χ3n) is 2.42. The number of carbonyl (C=O) groups is 1. The van der Waals surface area contributed by atoms with Crippen molar-refractivity contribution in [1.82, 2.24) is 0 Å². The van der Waals surface area contributed by atoms with Crippen molar-refractivity contribution in [3.05, 3.63) is 56.7 Å². The molecule has 2 rings (SSSR count). The highest BCUT2D eigenvalue weighted by Crippen LogP contribution is 2.29. The van der Waals surface area contributed by atoms with Crippen LogP contribution in [0.1, 0.15) is 16.0 Å². The number of aryl methyl sites for hydroxylation is 1. The third kappa shape index (κ3) is 3.00. The van der Waals surface area contributed by atoms with E-state index in [1.165, 1.54) is 11.3 Å². The van der Waals surface area contributed by atoms with Gasteiger partial charge in [-0.3, -0.25) is 0 Å². The SMILES string of the molecule is Cc1cccc(/C=C(\C(=O)O)c2ccc(Cl)s2)c1. The van der Waals surface area contributed by atoms with E-state index in [-0.39, 0.29) is 5.57 Å². The first-order chi connectivity index (χ1) is 8.56. The lowest BCUT2D eigenvalue weighted by Crippen LogP contribution is -1.97. The Bertz CT molecular complexity index is 614. The first kappa shape index (κ1) is 12.9. The molecule has 4 heteroatoms. The summed E-state index contributed by atoms with van der Waals surface area (Å²) in [5, 5.41) is 9.26. The Labute approximate surface area is 114 Å². The average Bonchev–Trinajstić information content (AvgIpc) is 2.72. The number of carboxylic acids is 1. The van der Waals surface area contributed by atoms with Crippen LogP contribution >= 0.6 is 22.9 Å². The van der Waals surface area contributed by atoms with Gasteiger partial charge in [-0.15, -0.1) is 11.3 Å². The maximum Gasteiger partial charge on any atom is 0.337 e. The second-order valence-corrected chi connectivity index (χ2v) is 5.60. The van der Waals surface area contributed by atoms with Crippen LogP contribution in [0.3, 0.4) is 0 Å². The van der Waals surface area contributed by atoms with Gasteiger partial charge in [0.25, 0.3) is 0 Å². The van der Waals surface area contributed by atoms with Crippen LogP contribution in [0.5, 0.6) is 0 Å². The van der Waals surface area contributed by atoms with Crippen molar-refractivity contribution in [3.63, 3.8) is 0 Å². The molecule has 0 radical (unpaired) electrons. The van der Waals surface area contributed by atoms with E-state index in [1.807, 2.05) is 31.2 Å². The van der Waals surface area contributed by atoms with Crippen LogP contribution in [0.4, 0.5) is 0 Å². The molecular weight excluding hydrogens is 268 g/mol. The van der Waals surface area contributed by atoms with Crippen LogP contribution in [0.2, 0.25) is 4.34 Å². The summed E-state index contributed by atoms with van der Waals surface area (Å²) in [4.78, 5) is 12.0. The van der Waals surface area contributed by atoms with E-state index in [1.54, 1.807) is 18.2 Å². The molecule has 0 saturated heterocycles. The van der Waals surface area contributed by atoms with Gasteiger partial charge in [0.15, 0.2) is 0 Å². The van der Waals surface area contributed by atoms with Gasteiger partial charge in [0.05, 0.1) is 9.91 Å². The Morgan fingerprint density at radius 3 is 2.67 bits per heavy atom. The van der Waals surface area contributed by atoms with Gasteiger partial charge in [0.2, 0.25) is 0 Å². The minimum absolute atomic E-state index is 0.262. The predicted octanol–water partition coefficient (Wildman–Crippen LogP) is 4.34. The lowest BCUT2D eigenvalue weighted by Gasteiger charge is -2.00. The topological polar surface area (TPSA) is 37.3 Å². The highest BCUT2D eigenvalue weighted by Gasteiger charge is 2.12. The minimum Gasteiger partial charge on any atom is -0.478 e. The minimum atomic E-state index is -0.949. The summed E-state index contributed by atoms with van der Waals surface area (Å²) in [6.07, 6.45) is 1.66. The first-order valence-electron chi connectivity index (χ1n) is 5.33. The molecule has 0 amide bonds. The van der Waals surface area contributed by atoms with Crippen LogP contribution in [0, 0.1) is 6.92 Å². The number of benzene rings is 1. The van der Waals surface area contributed by atoms with Crippen molar-refractivity contribution in [2.24, 2.45) is 0 Å². The number of aliphatic carboxylic acids is 1. The number of hydrogen-bond acceptors (Lipinski definition) is 2. The number of thiophene rings is 1. The summed E-state index contributed by atoms with van der Waals surface area (Å²) in [6.45, 7) is 1.97. The molecule has 18 heavy (non-hydrogen) atoms. The van der Waals surface area contributed by atoms with E-state index >= 15 is 0 Å². The van der Waals surface area contributed by atoms with E-state index in [4.69, 9.17) is 11.6 Å². The summed E-state index contributed by atoms with van der Waals surface area (Å²) in [5.74, 6) is -0.949. The quantitative estimate of drug-likeness (QED) is 0.848. The van der Waals surface area contributed by atoms with Crippen LogP contribution in [0.15, 0.2) is 36.4 Å². The molecule has 1 N–H and O–H groups in total. The van der Waals surface area contributed by atoms with Crippen molar-refractivity contribution in [3.8, 4) is 0 Å². The number of rotatable bonds is 3. The predicted molar refractivity (Wildman–Crippen MR) is 76.0 cm³/mol. The van der Waals surface area contributed by atoms with Crippen molar-refractivity contribution in [1.29, 1.82) is 0 Å². The second kappa shape index (κ2) is 5.38. The fourth-order valence-corrected chi connectivity index (χ4v) is 2.67. The van der Waals surface area contributed by atoms with Gasteiger partial charge in [-0.25, -0.2) is 4.79 Å². The molecule has 0 aliphatic rings. The first-order valence-corrected chi connectivity index (χ1v) is 6.53. The monoisotopic (exact) mass is 278 g/mol. The van der Waals surface area contributed by atoms with Gasteiger partial charge < -0.3 is 5.11 Å². The molecule has 2 nitrogen and oxygen atoms in total. The number of carboxylic acid groups (broad SMARTS) is 1. The zero-order chi connectivity index (χ0) is 13.1. The second-order valence-electron chi connectivity index (χ2n) is 3.88. The van der Waals surface area contributed by atoms with Crippen LogP contribution < -0.4 is 0 Å². The van der Waals surface area contributed by atoms with Gasteiger partial charge in [0, 0.05) is 4.88 Å². The molecule has 0 unspecified atom stereocenters. The molecule has 1 heterocycles. The zero-order valence-electron chi connectivity index (χ0n) is 9.68. The molecule has 0 saturated carbocycles. The summed E-state index contributed by atoms with van der Waals surface area (Å²) in [6, 6.07) is 11.1. The lowest BCUT2D eigenvalue weighted by molar-refractivity contribution is -0.130. The van der Waals surface area contributed by atoms with E-state index in [2.05, 4.69) is 0 Å². The molecule has 0 atom stereocenters. The van der Waals surface area contributed by atoms with Gasteiger partial charge in [0.1, 0.15) is 0 Å². The Hall–Kier alpha value is -1.58. The number of halogens is 1. The van der Waals surface area contributed by atoms with Crippen LogP contribution in [-0.2, 0) is 4.79 Å². The van der Waals surface area contributed by atoms with Gasteiger partial charge in [-0.1, -0.05) is 41.4 Å². The van der Waals surface area contributed by atoms with Crippen LogP contribution in [-0.4, -0.2) is 11.1 Å². The molecule has 0 fully saturated rings. The maximum absolute atomic E-state index is 11.3. The van der Waals surface area contributed by atoms with Crippen molar-refractivity contribution >= 4 is 40.6 Å². The fraction of sp³-hybridized carbons (Fsp3) is 0.0714. The molecule has 1 aromatic heterocycles. The molecule has 0 aliphatic carbocycles. The zero-order valence-corrected chi connectivity index (χ0v) is 11.3. The van der Waals surface area contributed by atoms with E-state index < -0.39 is 5.97 Å². The molecule has 1 aromatic carbocycles. The largest absolute Gasteiger partial charge is 0.478 e. The summed E-state index contributed by atoms with van der Waals surface area (Å²) >= 11 is 7.10. The maximum atomic E-state index is 11.3. The molecular formula is C14H11ClO2S. The van der Waals surface area contributed by atoms with Gasteiger partial charge >= 0.3 is 5.97 Å². The summed E-state index contributed by atoms with van der Waals surface area (Å²) < 4.78 is 0.585. The van der Waals surface area contributed by atoms with E-state index in [0.29, 0.717) is 9.21 Å². The number of hydrogen-bond donors (Lipinski definition) is 1. The summed E-state index contributed by atoms with van der Waals surface area (Å²) in [7, 11) is 0. The highest BCUT2D eigenvalue weighted by atomic mass is 35.5. The normalized spacial score (nSPS) is 11.6. The standard InChI is InChI=1S/C14H11ClO2S/c1-9-3-2-4-10(7-9)8-11(14(16)17)12-5-6-13(15)18-12/h2-8H,1H3,(H,16,17)/b11-8-. The Morgan fingerprint density at radius 1 is 1.33 bits per heavy atom. The average molecular weight is 279 g/mol. The fourth-order valence-electron chi connectivity index (χ4n) is 1.62. The van der Waals surface area contributed by atoms with Gasteiger partial charge in [-0.2, -0.15) is 0 Å². The van der Waals surface area contributed by atoms with Crippen molar-refractivity contribution in [2.45, 2.75) is 6.92 Å². The van der Waals surface area contributed by atoms with E-state index in [0.717, 1.165) is 11.1 Å².